The molecule has 0 amide bonds. The first-order chi connectivity index (χ1) is 22.0. The lowest BCUT2D eigenvalue weighted by atomic mass is 9.80. The molecule has 5 aromatic rings. The summed E-state index contributed by atoms with van der Waals surface area (Å²) in [5.74, 6) is 2.20. The Bertz CT molecular complexity index is 1560. The first-order valence-electron chi connectivity index (χ1n) is 15.8. The van der Waals surface area contributed by atoms with Gasteiger partial charge in [-0.25, -0.2) is 0 Å². The van der Waals surface area contributed by atoms with Crippen LogP contribution in [-0.4, -0.2) is 7.11 Å². The molecular weight excluding hydrogens is 556 g/mol. The van der Waals surface area contributed by atoms with Crippen molar-refractivity contribution in [1.82, 2.24) is 11.0 Å². The molecule has 5 aromatic carbocycles. The highest BCUT2D eigenvalue weighted by Crippen LogP contribution is 2.44. The minimum Gasteiger partial charge on any atom is -0.497 e. The van der Waals surface area contributed by atoms with E-state index in [0.717, 1.165) is 69.0 Å². The molecule has 0 radical (unpaired) electrons. The molecule has 0 aliphatic rings. The normalized spacial score (nSPS) is 11.1. The van der Waals surface area contributed by atoms with Crippen LogP contribution in [-0.2, 0) is 25.9 Å². The van der Waals surface area contributed by atoms with E-state index < -0.39 is 0 Å². The zero-order valence-corrected chi connectivity index (χ0v) is 27.0. The van der Waals surface area contributed by atoms with Crippen LogP contribution in [0.3, 0.4) is 0 Å². The van der Waals surface area contributed by atoms with E-state index in [1.807, 2.05) is 36.4 Å². The van der Waals surface area contributed by atoms with Crippen LogP contribution in [0.5, 0.6) is 17.2 Å². The van der Waals surface area contributed by atoms with Crippen LogP contribution in [0.15, 0.2) is 109 Å². The van der Waals surface area contributed by atoms with E-state index >= 15 is 0 Å². The van der Waals surface area contributed by atoms with Crippen molar-refractivity contribution in [3.05, 3.63) is 159 Å². The van der Waals surface area contributed by atoms with Gasteiger partial charge in [0, 0.05) is 17.0 Å². The van der Waals surface area contributed by atoms with Gasteiger partial charge in [-0.2, -0.15) is 11.0 Å². The van der Waals surface area contributed by atoms with Gasteiger partial charge in [-0.3, -0.25) is 0 Å². The van der Waals surface area contributed by atoms with E-state index in [-0.39, 0.29) is 5.92 Å². The van der Waals surface area contributed by atoms with E-state index in [1.54, 1.807) is 7.11 Å². The summed E-state index contributed by atoms with van der Waals surface area (Å²) in [6.07, 6.45) is 2.05. The van der Waals surface area contributed by atoms with Gasteiger partial charge in [0.05, 0.1) is 20.2 Å². The number of methoxy groups -OCH3 is 1. The number of benzene rings is 5. The van der Waals surface area contributed by atoms with Crippen molar-refractivity contribution < 1.29 is 14.4 Å². The SMILES string of the molecule is CCc1ccc(CNOc2cccc(C)c2C(c2ccc(OC)cc2)c2c(C)cccc2ONCc2ccc(CC)cc2)cc1. The fraction of sp³-hybridized carbons (Fsp3) is 0.250. The summed E-state index contributed by atoms with van der Waals surface area (Å²) in [5.41, 5.74) is 16.9. The molecule has 0 atom stereocenters. The predicted octanol–water partition coefficient (Wildman–Crippen LogP) is 8.78. The summed E-state index contributed by atoms with van der Waals surface area (Å²) in [7, 11) is 1.69. The van der Waals surface area contributed by atoms with E-state index in [1.165, 1.54) is 11.1 Å². The Morgan fingerprint density at radius 3 is 1.36 bits per heavy atom. The van der Waals surface area contributed by atoms with Crippen molar-refractivity contribution in [3.8, 4) is 17.2 Å². The predicted molar refractivity (Wildman–Crippen MR) is 183 cm³/mol. The molecule has 0 saturated heterocycles. The molecule has 5 heteroatoms. The smallest absolute Gasteiger partial charge is 0.151 e. The Hall–Kier alpha value is -4.58. The van der Waals surface area contributed by atoms with E-state index in [2.05, 4.69) is 111 Å². The van der Waals surface area contributed by atoms with Gasteiger partial charge in [0.15, 0.2) is 11.5 Å². The fourth-order valence-electron chi connectivity index (χ4n) is 5.68. The van der Waals surface area contributed by atoms with Crippen LogP contribution in [0.4, 0.5) is 0 Å². The highest BCUT2D eigenvalue weighted by molar-refractivity contribution is 5.58. The lowest BCUT2D eigenvalue weighted by Gasteiger charge is -2.27. The monoisotopic (exact) mass is 600 g/mol. The molecule has 0 bridgehead atoms. The Morgan fingerprint density at radius 2 is 0.956 bits per heavy atom. The van der Waals surface area contributed by atoms with Gasteiger partial charge >= 0.3 is 0 Å². The maximum Gasteiger partial charge on any atom is 0.151 e. The maximum atomic E-state index is 6.35. The fourth-order valence-corrected chi connectivity index (χ4v) is 5.68. The minimum absolute atomic E-state index is 0.167. The summed E-state index contributed by atoms with van der Waals surface area (Å²) in [5, 5.41) is 0. The van der Waals surface area contributed by atoms with Crippen LogP contribution in [0.25, 0.3) is 0 Å². The third-order valence-electron chi connectivity index (χ3n) is 8.37. The number of aryl methyl sites for hydroxylation is 4. The van der Waals surface area contributed by atoms with E-state index in [9.17, 15) is 0 Å². The van der Waals surface area contributed by atoms with Crippen molar-refractivity contribution in [3.63, 3.8) is 0 Å². The van der Waals surface area contributed by atoms with Crippen molar-refractivity contribution >= 4 is 0 Å². The number of rotatable bonds is 14. The maximum absolute atomic E-state index is 6.35. The molecule has 5 nitrogen and oxygen atoms in total. The molecule has 0 spiro atoms. The van der Waals surface area contributed by atoms with Gasteiger partial charge in [-0.15, -0.1) is 0 Å². The Balaban J connectivity index is 1.48. The summed E-state index contributed by atoms with van der Waals surface area (Å²) >= 11 is 0. The molecule has 2 N–H and O–H groups in total. The lowest BCUT2D eigenvalue weighted by Crippen LogP contribution is -2.22. The molecule has 0 aliphatic carbocycles. The number of nitrogens with one attached hydrogen (secondary N) is 2. The average Bonchev–Trinajstić information content (AvgIpc) is 3.07. The Morgan fingerprint density at radius 1 is 0.533 bits per heavy atom. The standard InChI is InChI=1S/C40H44N2O3/c1-6-30-14-18-32(19-15-30)26-41-44-36-12-8-10-28(3)38(36)40(34-22-24-35(43-5)25-23-34)39-29(4)11-9-13-37(39)45-42-27-33-20-16-31(7-2)17-21-33/h8-25,40-42H,6-7,26-27H2,1-5H3. The highest BCUT2D eigenvalue weighted by Gasteiger charge is 2.28. The molecule has 0 heterocycles. The topological polar surface area (TPSA) is 51.8 Å². The highest BCUT2D eigenvalue weighted by atomic mass is 16.6. The third-order valence-corrected chi connectivity index (χ3v) is 8.37. The first kappa shape index (κ1) is 31.8. The van der Waals surface area contributed by atoms with E-state index in [4.69, 9.17) is 14.4 Å². The van der Waals surface area contributed by atoms with Gasteiger partial charge < -0.3 is 14.4 Å². The molecule has 0 saturated carbocycles. The molecule has 0 unspecified atom stereocenters. The van der Waals surface area contributed by atoms with Crippen LogP contribution >= 0.6 is 0 Å². The summed E-state index contributed by atoms with van der Waals surface area (Å²) in [6.45, 7) is 9.79. The first-order valence-corrected chi connectivity index (χ1v) is 15.8. The second kappa shape index (κ2) is 15.4. The number of hydrogen-bond donors (Lipinski definition) is 2. The van der Waals surface area contributed by atoms with E-state index in [0.29, 0.717) is 13.1 Å². The van der Waals surface area contributed by atoms with Gasteiger partial charge in [0.1, 0.15) is 5.75 Å². The number of hydroxylamine groups is 2. The molecular formula is C40H44N2O3. The van der Waals surface area contributed by atoms with Crippen LogP contribution in [0, 0.1) is 13.8 Å². The van der Waals surface area contributed by atoms with Gasteiger partial charge in [0.2, 0.25) is 0 Å². The van der Waals surface area contributed by atoms with Gasteiger partial charge in [0.25, 0.3) is 0 Å². The van der Waals surface area contributed by atoms with Crippen LogP contribution < -0.4 is 25.4 Å². The lowest BCUT2D eigenvalue weighted by molar-refractivity contribution is 0.185. The number of hydrogen-bond acceptors (Lipinski definition) is 5. The molecule has 0 fully saturated rings. The molecule has 0 aromatic heterocycles. The average molecular weight is 601 g/mol. The molecule has 232 valence electrons. The van der Waals surface area contributed by atoms with Gasteiger partial charge in [-0.05, 0) is 89.9 Å². The Labute approximate surface area is 268 Å². The van der Waals surface area contributed by atoms with Crippen LogP contribution in [0.2, 0.25) is 0 Å². The van der Waals surface area contributed by atoms with Crippen molar-refractivity contribution in [1.29, 1.82) is 0 Å². The zero-order chi connectivity index (χ0) is 31.6. The second-order valence-electron chi connectivity index (χ2n) is 11.4. The quantitative estimate of drug-likeness (QED) is 0.0986. The second-order valence-corrected chi connectivity index (χ2v) is 11.4. The molecule has 0 aliphatic heterocycles. The van der Waals surface area contributed by atoms with Gasteiger partial charge in [-0.1, -0.05) is 98.8 Å². The minimum atomic E-state index is -0.167. The Kier molecular flexibility index (Phi) is 10.9. The number of ether oxygens (including phenoxy) is 1. The van der Waals surface area contributed by atoms with Crippen molar-refractivity contribution in [2.24, 2.45) is 0 Å². The van der Waals surface area contributed by atoms with Crippen LogP contribution in [0.1, 0.15) is 69.8 Å². The largest absolute Gasteiger partial charge is 0.497 e. The zero-order valence-electron chi connectivity index (χ0n) is 27.0. The van der Waals surface area contributed by atoms with Crippen molar-refractivity contribution in [2.45, 2.75) is 59.5 Å². The summed E-state index contributed by atoms with van der Waals surface area (Å²) in [6, 6.07) is 38.0. The molecule has 45 heavy (non-hydrogen) atoms. The molecule has 5 rings (SSSR count). The summed E-state index contributed by atoms with van der Waals surface area (Å²) in [4.78, 5) is 12.7. The third kappa shape index (κ3) is 7.93. The summed E-state index contributed by atoms with van der Waals surface area (Å²) < 4.78 is 5.51. The van der Waals surface area contributed by atoms with Crippen molar-refractivity contribution in [2.75, 3.05) is 7.11 Å².